The third kappa shape index (κ3) is 1.77. The fourth-order valence-corrected chi connectivity index (χ4v) is 2.43. The van der Waals surface area contributed by atoms with E-state index < -0.39 is 5.97 Å². The Kier molecular flexibility index (Phi) is 2.59. The van der Waals surface area contributed by atoms with Crippen LogP contribution in [0.5, 0.6) is 0 Å². The summed E-state index contributed by atoms with van der Waals surface area (Å²) in [6, 6.07) is 3.79. The summed E-state index contributed by atoms with van der Waals surface area (Å²) >= 11 is 0. The Hall–Kier alpha value is -2.17. The van der Waals surface area contributed by atoms with E-state index in [9.17, 15) is 4.79 Å². The number of carboxylic acid groups (broad SMARTS) is 1. The van der Waals surface area contributed by atoms with Crippen molar-refractivity contribution in [2.45, 2.75) is 6.42 Å². The van der Waals surface area contributed by atoms with Crippen molar-refractivity contribution in [3.63, 3.8) is 0 Å². The molecule has 1 fully saturated rings. The predicted octanol–water partition coefficient (Wildman–Crippen LogP) is 1.54. The van der Waals surface area contributed by atoms with Crippen molar-refractivity contribution in [3.05, 3.63) is 30.7 Å². The zero-order valence-corrected chi connectivity index (χ0v) is 9.78. The van der Waals surface area contributed by atoms with Crippen molar-refractivity contribution in [3.8, 4) is 0 Å². The number of carboxylic acids is 1. The first-order chi connectivity index (χ1) is 8.75. The quantitative estimate of drug-likeness (QED) is 0.866. The average molecular weight is 243 g/mol. The molecule has 0 saturated carbocycles. The highest BCUT2D eigenvalue weighted by atomic mass is 16.4. The molecule has 18 heavy (non-hydrogen) atoms. The highest BCUT2D eigenvalue weighted by molar-refractivity contribution is 5.91. The molecule has 2 aromatic rings. The van der Waals surface area contributed by atoms with Crippen LogP contribution in [0.2, 0.25) is 0 Å². The molecule has 5 heteroatoms. The lowest BCUT2D eigenvalue weighted by atomic mass is 10.1. The third-order valence-electron chi connectivity index (χ3n) is 3.40. The monoisotopic (exact) mass is 243 g/mol. The van der Waals surface area contributed by atoms with E-state index in [1.54, 1.807) is 18.6 Å². The minimum atomic E-state index is -0.714. The van der Waals surface area contributed by atoms with E-state index in [1.165, 1.54) is 0 Å². The summed E-state index contributed by atoms with van der Waals surface area (Å²) in [5.74, 6) is -0.987. The van der Waals surface area contributed by atoms with Gasteiger partial charge in [-0.05, 0) is 18.6 Å². The van der Waals surface area contributed by atoms with Crippen molar-refractivity contribution in [2.24, 2.45) is 5.92 Å². The number of hydrogen-bond acceptors (Lipinski definition) is 4. The molecular formula is C13H13N3O2. The van der Waals surface area contributed by atoms with Crippen LogP contribution in [0.15, 0.2) is 30.7 Å². The second-order valence-corrected chi connectivity index (χ2v) is 4.49. The number of fused-ring (bicyclic) bond motifs is 1. The van der Waals surface area contributed by atoms with Crippen LogP contribution < -0.4 is 4.90 Å². The number of aromatic nitrogens is 2. The summed E-state index contributed by atoms with van der Waals surface area (Å²) in [5, 5.41) is 10.0. The number of anilines is 1. The highest BCUT2D eigenvalue weighted by Crippen LogP contribution is 2.29. The van der Waals surface area contributed by atoms with Crippen LogP contribution in [0.4, 0.5) is 5.69 Å². The van der Waals surface area contributed by atoms with Crippen molar-refractivity contribution in [1.29, 1.82) is 0 Å². The van der Waals surface area contributed by atoms with Gasteiger partial charge in [-0.2, -0.15) is 0 Å². The van der Waals surface area contributed by atoms with E-state index in [-0.39, 0.29) is 5.92 Å². The first-order valence-corrected chi connectivity index (χ1v) is 5.92. The van der Waals surface area contributed by atoms with E-state index >= 15 is 0 Å². The normalized spacial score (nSPS) is 19.3. The first-order valence-electron chi connectivity index (χ1n) is 5.92. The van der Waals surface area contributed by atoms with Crippen LogP contribution in [0, 0.1) is 5.92 Å². The maximum absolute atomic E-state index is 11.0. The lowest BCUT2D eigenvalue weighted by molar-refractivity contribution is -0.140. The fourth-order valence-electron chi connectivity index (χ4n) is 2.43. The molecule has 1 aliphatic rings. The minimum Gasteiger partial charge on any atom is -0.481 e. The SMILES string of the molecule is O=C(O)C1CCN(c2ccnc3ccncc23)C1. The summed E-state index contributed by atoms with van der Waals surface area (Å²) in [5.41, 5.74) is 1.91. The van der Waals surface area contributed by atoms with Crippen molar-refractivity contribution < 1.29 is 9.90 Å². The number of carbonyl (C=O) groups is 1. The smallest absolute Gasteiger partial charge is 0.308 e. The zero-order chi connectivity index (χ0) is 12.5. The molecule has 92 valence electrons. The molecule has 1 unspecified atom stereocenters. The van der Waals surface area contributed by atoms with Crippen molar-refractivity contribution >= 4 is 22.6 Å². The van der Waals surface area contributed by atoms with E-state index in [2.05, 4.69) is 14.9 Å². The summed E-state index contributed by atoms with van der Waals surface area (Å²) in [6.07, 6.45) is 5.94. The van der Waals surface area contributed by atoms with Crippen LogP contribution in [0.3, 0.4) is 0 Å². The minimum absolute atomic E-state index is 0.273. The number of pyridine rings is 2. The van der Waals surface area contributed by atoms with E-state index in [0.717, 1.165) is 23.1 Å². The number of hydrogen-bond donors (Lipinski definition) is 1. The van der Waals surface area contributed by atoms with Gasteiger partial charge in [-0.1, -0.05) is 0 Å². The lowest BCUT2D eigenvalue weighted by Gasteiger charge is -2.19. The van der Waals surface area contributed by atoms with Gasteiger partial charge in [0.05, 0.1) is 11.4 Å². The molecule has 0 amide bonds. The summed E-state index contributed by atoms with van der Waals surface area (Å²) in [4.78, 5) is 21.5. The Labute approximate surface area is 104 Å². The van der Waals surface area contributed by atoms with Crippen molar-refractivity contribution in [1.82, 2.24) is 9.97 Å². The highest BCUT2D eigenvalue weighted by Gasteiger charge is 2.28. The second-order valence-electron chi connectivity index (χ2n) is 4.49. The van der Waals surface area contributed by atoms with Crippen LogP contribution in [-0.2, 0) is 4.79 Å². The number of nitrogens with zero attached hydrogens (tertiary/aromatic N) is 3. The van der Waals surface area contributed by atoms with E-state index in [0.29, 0.717) is 13.0 Å². The summed E-state index contributed by atoms with van der Waals surface area (Å²) in [7, 11) is 0. The standard InChI is InChI=1S/C13H13N3O2/c17-13(18)9-3-6-16(8-9)12-2-5-15-11-1-4-14-7-10(11)12/h1-2,4-5,7,9H,3,6,8H2,(H,17,18). The van der Waals surface area contributed by atoms with Gasteiger partial charge in [0.2, 0.25) is 0 Å². The van der Waals surface area contributed by atoms with Gasteiger partial charge in [0.1, 0.15) is 0 Å². The van der Waals surface area contributed by atoms with Crippen LogP contribution in [0.25, 0.3) is 10.9 Å². The van der Waals surface area contributed by atoms with Gasteiger partial charge in [0, 0.05) is 42.8 Å². The first kappa shape index (κ1) is 11.0. The maximum atomic E-state index is 11.0. The zero-order valence-electron chi connectivity index (χ0n) is 9.78. The van der Waals surface area contributed by atoms with E-state index in [4.69, 9.17) is 5.11 Å². The van der Waals surface area contributed by atoms with Crippen LogP contribution in [0.1, 0.15) is 6.42 Å². The molecule has 1 saturated heterocycles. The van der Waals surface area contributed by atoms with Crippen LogP contribution in [-0.4, -0.2) is 34.1 Å². The predicted molar refractivity (Wildman–Crippen MR) is 67.5 cm³/mol. The Morgan fingerprint density at radius 3 is 3.06 bits per heavy atom. The topological polar surface area (TPSA) is 66.3 Å². The molecule has 1 N–H and O–H groups in total. The Morgan fingerprint density at radius 2 is 2.28 bits per heavy atom. The van der Waals surface area contributed by atoms with Gasteiger partial charge in [-0.15, -0.1) is 0 Å². The molecule has 5 nitrogen and oxygen atoms in total. The average Bonchev–Trinajstić information content (AvgIpc) is 2.87. The van der Waals surface area contributed by atoms with Gasteiger partial charge in [-0.25, -0.2) is 0 Å². The second kappa shape index (κ2) is 4.25. The van der Waals surface area contributed by atoms with Gasteiger partial charge < -0.3 is 10.0 Å². The maximum Gasteiger partial charge on any atom is 0.308 e. The largest absolute Gasteiger partial charge is 0.481 e. The third-order valence-corrected chi connectivity index (χ3v) is 3.40. The number of aliphatic carboxylic acids is 1. The Morgan fingerprint density at radius 1 is 1.39 bits per heavy atom. The fraction of sp³-hybridized carbons (Fsp3) is 0.308. The molecular weight excluding hydrogens is 230 g/mol. The molecule has 0 aromatic carbocycles. The molecule has 0 bridgehead atoms. The molecule has 3 heterocycles. The summed E-state index contributed by atoms with van der Waals surface area (Å²) < 4.78 is 0. The summed E-state index contributed by atoms with van der Waals surface area (Å²) in [6.45, 7) is 1.33. The van der Waals surface area contributed by atoms with Crippen LogP contribution >= 0.6 is 0 Å². The van der Waals surface area contributed by atoms with Gasteiger partial charge in [0.25, 0.3) is 0 Å². The lowest BCUT2D eigenvalue weighted by Crippen LogP contribution is -2.22. The van der Waals surface area contributed by atoms with Crippen molar-refractivity contribution in [2.75, 3.05) is 18.0 Å². The van der Waals surface area contributed by atoms with Gasteiger partial charge >= 0.3 is 5.97 Å². The molecule has 0 radical (unpaired) electrons. The molecule has 2 aromatic heterocycles. The molecule has 3 rings (SSSR count). The number of rotatable bonds is 2. The molecule has 1 aliphatic heterocycles. The Bertz CT molecular complexity index is 594. The molecule has 0 aliphatic carbocycles. The van der Waals surface area contributed by atoms with Gasteiger partial charge in [-0.3, -0.25) is 14.8 Å². The van der Waals surface area contributed by atoms with Gasteiger partial charge in [0.15, 0.2) is 0 Å². The Balaban J connectivity index is 1.98. The molecule has 0 spiro atoms. The molecule has 1 atom stereocenters. The van der Waals surface area contributed by atoms with E-state index in [1.807, 2.05) is 12.1 Å².